The van der Waals surface area contributed by atoms with E-state index in [1.165, 1.54) is 5.56 Å². The summed E-state index contributed by atoms with van der Waals surface area (Å²) in [4.78, 5) is 0. The van der Waals surface area contributed by atoms with Crippen LogP contribution in [0.2, 0.25) is 0 Å². The van der Waals surface area contributed by atoms with Crippen LogP contribution in [0.25, 0.3) is 0 Å². The van der Waals surface area contributed by atoms with Crippen LogP contribution in [0.4, 0.5) is 0 Å². The second-order valence-electron chi connectivity index (χ2n) is 5.33. The van der Waals surface area contributed by atoms with Gasteiger partial charge in [0.15, 0.2) is 0 Å². The topological polar surface area (TPSA) is 27.7 Å². The third-order valence-electron chi connectivity index (χ3n) is 4.12. The van der Waals surface area contributed by atoms with E-state index in [9.17, 15) is 0 Å². The van der Waals surface area contributed by atoms with E-state index >= 15 is 0 Å². The van der Waals surface area contributed by atoms with Crippen molar-refractivity contribution in [2.45, 2.75) is 12.5 Å². The lowest BCUT2D eigenvalue weighted by Gasteiger charge is -2.38. The molecule has 0 amide bonds. The maximum Gasteiger partial charge on any atom is 0.134 e. The monoisotopic (exact) mass is 268 g/mol. The van der Waals surface area contributed by atoms with Crippen LogP contribution in [0.15, 0.2) is 42.5 Å². The highest BCUT2D eigenvalue weighted by Gasteiger charge is 2.36. The Labute approximate surface area is 118 Å². The maximum atomic E-state index is 6.22. The van der Waals surface area contributed by atoms with Crippen LogP contribution in [0, 0.1) is 5.92 Å². The Kier molecular flexibility index (Phi) is 2.59. The average molecular weight is 268 g/mol. The second-order valence-corrected chi connectivity index (χ2v) is 5.33. The molecule has 0 unspecified atom stereocenters. The molecule has 2 aromatic rings. The molecule has 0 bridgehead atoms. The molecule has 102 valence electrons. The van der Waals surface area contributed by atoms with Gasteiger partial charge in [-0.05, 0) is 30.2 Å². The summed E-state index contributed by atoms with van der Waals surface area (Å²) in [6.45, 7) is 0.694. The van der Waals surface area contributed by atoms with E-state index in [0.29, 0.717) is 12.5 Å². The van der Waals surface area contributed by atoms with Crippen molar-refractivity contribution in [3.8, 4) is 17.2 Å². The Bertz CT molecular complexity index is 650. The van der Waals surface area contributed by atoms with E-state index in [1.807, 2.05) is 24.3 Å². The summed E-state index contributed by atoms with van der Waals surface area (Å²) >= 11 is 0. The molecule has 0 aromatic heterocycles. The van der Waals surface area contributed by atoms with Crippen molar-refractivity contribution in [3.63, 3.8) is 0 Å². The van der Waals surface area contributed by atoms with E-state index in [0.717, 1.165) is 29.2 Å². The predicted octanol–water partition coefficient (Wildman–Crippen LogP) is 3.38. The second kappa shape index (κ2) is 4.44. The fourth-order valence-corrected chi connectivity index (χ4v) is 3.07. The molecule has 0 spiro atoms. The van der Waals surface area contributed by atoms with E-state index in [4.69, 9.17) is 14.2 Å². The first kappa shape index (κ1) is 11.6. The van der Waals surface area contributed by atoms with Crippen LogP contribution in [0.5, 0.6) is 17.2 Å². The third-order valence-corrected chi connectivity index (χ3v) is 4.12. The summed E-state index contributed by atoms with van der Waals surface area (Å²) in [5.74, 6) is 3.08. The molecule has 20 heavy (non-hydrogen) atoms. The van der Waals surface area contributed by atoms with Gasteiger partial charge in [-0.25, -0.2) is 0 Å². The van der Waals surface area contributed by atoms with Gasteiger partial charge < -0.3 is 14.2 Å². The normalized spacial score (nSPS) is 22.6. The minimum Gasteiger partial charge on any atom is -0.497 e. The molecule has 2 aliphatic rings. The summed E-state index contributed by atoms with van der Waals surface area (Å²) in [7, 11) is 1.67. The zero-order valence-corrected chi connectivity index (χ0v) is 11.3. The fraction of sp³-hybridized carbons (Fsp3) is 0.294. The Morgan fingerprint density at radius 3 is 2.90 bits per heavy atom. The molecule has 2 atom stereocenters. The van der Waals surface area contributed by atoms with Crippen LogP contribution >= 0.6 is 0 Å². The van der Waals surface area contributed by atoms with Crippen molar-refractivity contribution in [1.82, 2.24) is 0 Å². The molecule has 0 radical (unpaired) electrons. The highest BCUT2D eigenvalue weighted by molar-refractivity contribution is 5.46. The molecular weight excluding hydrogens is 252 g/mol. The van der Waals surface area contributed by atoms with Crippen molar-refractivity contribution in [2.75, 3.05) is 13.7 Å². The minimum atomic E-state index is 0.0829. The smallest absolute Gasteiger partial charge is 0.134 e. The van der Waals surface area contributed by atoms with Crippen LogP contribution in [0.1, 0.15) is 17.2 Å². The summed E-state index contributed by atoms with van der Waals surface area (Å²) in [6.07, 6.45) is 1.09. The van der Waals surface area contributed by atoms with Crippen LogP contribution < -0.4 is 14.2 Å². The summed E-state index contributed by atoms with van der Waals surface area (Å²) in [5, 5.41) is 0. The maximum absolute atomic E-state index is 6.22. The van der Waals surface area contributed by atoms with Gasteiger partial charge >= 0.3 is 0 Å². The first-order valence-electron chi connectivity index (χ1n) is 6.90. The van der Waals surface area contributed by atoms with Crippen molar-refractivity contribution in [2.24, 2.45) is 5.92 Å². The highest BCUT2D eigenvalue weighted by atomic mass is 16.5. The molecule has 2 heterocycles. The molecule has 3 nitrogen and oxygen atoms in total. The van der Waals surface area contributed by atoms with Gasteiger partial charge in [0.25, 0.3) is 0 Å². The molecule has 2 aromatic carbocycles. The first-order valence-corrected chi connectivity index (χ1v) is 6.90. The van der Waals surface area contributed by atoms with Gasteiger partial charge in [0.1, 0.15) is 23.4 Å². The van der Waals surface area contributed by atoms with Gasteiger partial charge in [-0.2, -0.15) is 0 Å². The van der Waals surface area contributed by atoms with Gasteiger partial charge in [-0.1, -0.05) is 18.2 Å². The number of benzene rings is 2. The Hall–Kier alpha value is -2.16. The quantitative estimate of drug-likeness (QED) is 0.793. The lowest BCUT2D eigenvalue weighted by atomic mass is 9.85. The van der Waals surface area contributed by atoms with Gasteiger partial charge in [0, 0.05) is 17.5 Å². The van der Waals surface area contributed by atoms with Crippen LogP contribution in [-0.4, -0.2) is 13.7 Å². The summed E-state index contributed by atoms with van der Waals surface area (Å²) in [5.41, 5.74) is 2.39. The van der Waals surface area contributed by atoms with Crippen molar-refractivity contribution in [3.05, 3.63) is 53.6 Å². The zero-order chi connectivity index (χ0) is 13.5. The lowest BCUT2D eigenvalue weighted by Crippen LogP contribution is -2.34. The lowest BCUT2D eigenvalue weighted by molar-refractivity contribution is 0.0542. The molecule has 0 saturated heterocycles. The van der Waals surface area contributed by atoms with E-state index in [-0.39, 0.29) is 6.10 Å². The van der Waals surface area contributed by atoms with E-state index < -0.39 is 0 Å². The van der Waals surface area contributed by atoms with Gasteiger partial charge in [-0.3, -0.25) is 0 Å². The molecule has 0 fully saturated rings. The average Bonchev–Trinajstić information content (AvgIpc) is 2.52. The summed E-state index contributed by atoms with van der Waals surface area (Å²) in [6, 6.07) is 14.2. The number of rotatable bonds is 1. The molecule has 0 aliphatic carbocycles. The molecule has 2 aliphatic heterocycles. The van der Waals surface area contributed by atoms with Gasteiger partial charge in [-0.15, -0.1) is 0 Å². The molecule has 0 saturated carbocycles. The largest absolute Gasteiger partial charge is 0.497 e. The minimum absolute atomic E-state index is 0.0829. The Balaban J connectivity index is 1.74. The molecular formula is C17H16O3. The fourth-order valence-electron chi connectivity index (χ4n) is 3.07. The standard InChI is InChI=1S/C17H16O3/c1-18-13-6-7-14-16(9-13)19-10-12-8-11-4-2-3-5-15(11)20-17(12)14/h2-7,9,12,17H,8,10H2,1H3/t12-,17+/m1/s1. The molecule has 3 heteroatoms. The number of fused-ring (bicyclic) bond motifs is 4. The molecule has 4 rings (SSSR count). The molecule has 0 N–H and O–H groups in total. The van der Waals surface area contributed by atoms with Gasteiger partial charge in [0.05, 0.1) is 13.7 Å². The number of hydrogen-bond donors (Lipinski definition) is 0. The SMILES string of the molecule is COc1ccc2c(c1)OC[C@H]1Cc3ccccc3O[C@H]21. The third kappa shape index (κ3) is 1.73. The van der Waals surface area contributed by atoms with Crippen LogP contribution in [0.3, 0.4) is 0 Å². The number of ether oxygens (including phenoxy) is 3. The predicted molar refractivity (Wildman–Crippen MR) is 75.5 cm³/mol. The van der Waals surface area contributed by atoms with Crippen molar-refractivity contribution >= 4 is 0 Å². The number of methoxy groups -OCH3 is 1. The first-order chi connectivity index (χ1) is 9.85. The van der Waals surface area contributed by atoms with Crippen LogP contribution in [-0.2, 0) is 6.42 Å². The zero-order valence-electron chi connectivity index (χ0n) is 11.3. The Morgan fingerprint density at radius 2 is 2.00 bits per heavy atom. The van der Waals surface area contributed by atoms with E-state index in [1.54, 1.807) is 7.11 Å². The van der Waals surface area contributed by atoms with E-state index in [2.05, 4.69) is 18.2 Å². The van der Waals surface area contributed by atoms with Crippen molar-refractivity contribution < 1.29 is 14.2 Å². The number of hydrogen-bond acceptors (Lipinski definition) is 3. The van der Waals surface area contributed by atoms with Gasteiger partial charge in [0.2, 0.25) is 0 Å². The number of para-hydroxylation sites is 1. The summed E-state index contributed by atoms with van der Waals surface area (Å²) < 4.78 is 17.4. The van der Waals surface area contributed by atoms with Crippen molar-refractivity contribution in [1.29, 1.82) is 0 Å². The Morgan fingerprint density at radius 1 is 1.10 bits per heavy atom. The highest BCUT2D eigenvalue weighted by Crippen LogP contribution is 2.45.